The molecule has 0 bridgehead atoms. The first kappa shape index (κ1) is 25.9. The average molecular weight is 527 g/mol. The van der Waals surface area contributed by atoms with Crippen molar-refractivity contribution in [1.82, 2.24) is 0 Å². The average Bonchev–Trinajstić information content (AvgIpc) is 2.78. The molecule has 0 heterocycles. The maximum absolute atomic E-state index is 13.4. The van der Waals surface area contributed by atoms with Crippen LogP contribution < -0.4 is 3.71 Å². The molecule has 0 aliphatic rings. The number of sulfonamides is 2. The van der Waals surface area contributed by atoms with Gasteiger partial charge in [0.25, 0.3) is 25.7 Å². The van der Waals surface area contributed by atoms with Crippen LogP contribution in [0.1, 0.15) is 16.7 Å². The Labute approximate surface area is 199 Å². The van der Waals surface area contributed by atoms with Crippen LogP contribution in [0.4, 0.5) is 24.5 Å². The number of nitro benzene ring substituents is 1. The second-order valence-corrected chi connectivity index (χ2v) is 10.9. The van der Waals surface area contributed by atoms with Crippen molar-refractivity contribution < 1.29 is 34.9 Å². The third-order valence-electron chi connectivity index (χ3n) is 4.74. The van der Waals surface area contributed by atoms with Gasteiger partial charge >= 0.3 is 6.18 Å². The summed E-state index contributed by atoms with van der Waals surface area (Å²) >= 11 is 0. The van der Waals surface area contributed by atoms with E-state index in [-0.39, 0.29) is 9.27 Å². The molecule has 3 rings (SSSR count). The van der Waals surface area contributed by atoms with Crippen molar-refractivity contribution >= 4 is 37.5 Å². The van der Waals surface area contributed by atoms with E-state index in [0.29, 0.717) is 29.2 Å². The highest BCUT2D eigenvalue weighted by Crippen LogP contribution is 2.35. The number of hydrogen-bond acceptors (Lipinski definition) is 6. The van der Waals surface area contributed by atoms with Gasteiger partial charge in [-0.25, -0.2) is 16.8 Å². The zero-order valence-corrected chi connectivity index (χ0v) is 19.5. The summed E-state index contributed by atoms with van der Waals surface area (Å²) < 4.78 is 93.0. The lowest BCUT2D eigenvalue weighted by Crippen LogP contribution is -2.36. The predicted octanol–water partition coefficient (Wildman–Crippen LogP) is 5.12. The van der Waals surface area contributed by atoms with Crippen molar-refractivity contribution in [3.05, 3.63) is 105 Å². The van der Waals surface area contributed by atoms with Crippen LogP contribution in [0.3, 0.4) is 0 Å². The fraction of sp³-hybridized carbons (Fsp3) is 0.0909. The second kappa shape index (κ2) is 9.50. The number of nitrogens with zero attached hydrogens (tertiary/aromatic N) is 2. The van der Waals surface area contributed by atoms with Gasteiger partial charge in [-0.15, -0.1) is 0 Å². The van der Waals surface area contributed by atoms with Gasteiger partial charge in [0.15, 0.2) is 0 Å². The van der Waals surface area contributed by atoms with Crippen LogP contribution in [0.15, 0.2) is 83.1 Å². The van der Waals surface area contributed by atoms with Gasteiger partial charge in [-0.2, -0.15) is 16.9 Å². The lowest BCUT2D eigenvalue weighted by atomic mass is 10.2. The molecule has 0 aromatic heterocycles. The van der Waals surface area contributed by atoms with E-state index in [0.717, 1.165) is 30.3 Å². The first-order valence-corrected chi connectivity index (χ1v) is 12.6. The van der Waals surface area contributed by atoms with Gasteiger partial charge in [0.2, 0.25) is 0 Å². The summed E-state index contributed by atoms with van der Waals surface area (Å²) in [6.45, 7) is 1.35. The van der Waals surface area contributed by atoms with E-state index in [1.54, 1.807) is 18.2 Å². The SMILES string of the molecule is Cc1ccc(S(=O)(=O)N(c2cccc(C(F)(F)F)c2)S(=O)(=O)/C=C/c2ccccc2)cc1[N+](=O)[O-]. The Hall–Kier alpha value is -3.71. The topological polar surface area (TPSA) is 115 Å². The summed E-state index contributed by atoms with van der Waals surface area (Å²) in [6.07, 6.45) is -3.82. The number of rotatable bonds is 7. The summed E-state index contributed by atoms with van der Waals surface area (Å²) in [4.78, 5) is 9.65. The third kappa shape index (κ3) is 5.69. The second-order valence-electron chi connectivity index (χ2n) is 7.21. The molecule has 0 N–H and O–H groups in total. The molecule has 0 fully saturated rings. The molecule has 3 aromatic rings. The first-order valence-electron chi connectivity index (χ1n) is 9.69. The molecule has 0 saturated carbocycles. The fourth-order valence-corrected chi connectivity index (χ4v) is 6.48. The van der Waals surface area contributed by atoms with E-state index in [4.69, 9.17) is 0 Å². The molecule has 3 aromatic carbocycles. The number of aryl methyl sites for hydroxylation is 1. The van der Waals surface area contributed by atoms with Crippen molar-refractivity contribution in [2.45, 2.75) is 18.0 Å². The molecule has 0 aliphatic carbocycles. The summed E-state index contributed by atoms with van der Waals surface area (Å²) in [5.74, 6) is 0. The van der Waals surface area contributed by atoms with Crippen molar-refractivity contribution in [3.63, 3.8) is 0 Å². The standard InChI is InChI=1S/C22H17F3N2O6S2/c1-16-10-11-20(15-21(16)26(28)29)35(32,33)27(19-9-5-8-18(14-19)22(23,24)25)34(30,31)13-12-17-6-3-2-4-7-17/h2-15H,1H3/b13-12+. The number of anilines is 1. The van der Waals surface area contributed by atoms with Crippen LogP contribution in [-0.4, -0.2) is 21.8 Å². The van der Waals surface area contributed by atoms with E-state index < -0.39 is 53.0 Å². The number of hydrogen-bond donors (Lipinski definition) is 0. The van der Waals surface area contributed by atoms with Crippen LogP contribution in [0.25, 0.3) is 6.08 Å². The third-order valence-corrected chi connectivity index (χ3v) is 8.60. The molecular weight excluding hydrogens is 509 g/mol. The molecule has 0 spiro atoms. The van der Waals surface area contributed by atoms with Gasteiger partial charge in [-0.1, -0.05) is 42.5 Å². The van der Waals surface area contributed by atoms with Gasteiger partial charge in [-0.05, 0) is 42.8 Å². The van der Waals surface area contributed by atoms with Crippen LogP contribution in [0, 0.1) is 17.0 Å². The van der Waals surface area contributed by atoms with E-state index in [9.17, 15) is 40.1 Å². The Bertz CT molecular complexity index is 1500. The summed E-state index contributed by atoms with van der Waals surface area (Å²) in [5.41, 5.74) is -2.23. The van der Waals surface area contributed by atoms with Gasteiger partial charge in [-0.3, -0.25) is 10.1 Å². The molecule has 184 valence electrons. The highest BCUT2D eigenvalue weighted by atomic mass is 32.3. The predicted molar refractivity (Wildman–Crippen MR) is 123 cm³/mol. The number of nitro groups is 1. The minimum atomic E-state index is -5.13. The zero-order chi connectivity index (χ0) is 26.0. The van der Waals surface area contributed by atoms with Crippen molar-refractivity contribution in [1.29, 1.82) is 0 Å². The smallest absolute Gasteiger partial charge is 0.258 e. The summed E-state index contributed by atoms with van der Waals surface area (Å²) in [7, 11) is -10.1. The Balaban J connectivity index is 2.25. The Kier molecular flexibility index (Phi) is 7.03. The number of halogens is 3. The Morgan fingerprint density at radius 2 is 1.57 bits per heavy atom. The van der Waals surface area contributed by atoms with Gasteiger partial charge in [0.05, 0.1) is 26.5 Å². The molecule has 0 atom stereocenters. The molecule has 0 unspecified atom stereocenters. The minimum Gasteiger partial charge on any atom is -0.258 e. The maximum atomic E-state index is 13.4. The normalized spacial score (nSPS) is 12.6. The molecule has 35 heavy (non-hydrogen) atoms. The maximum Gasteiger partial charge on any atom is 0.416 e. The van der Waals surface area contributed by atoms with E-state index >= 15 is 0 Å². The molecule has 8 nitrogen and oxygen atoms in total. The minimum absolute atomic E-state index is 0.103. The highest BCUT2D eigenvalue weighted by Gasteiger charge is 2.37. The Morgan fingerprint density at radius 3 is 2.17 bits per heavy atom. The van der Waals surface area contributed by atoms with Gasteiger partial charge in [0.1, 0.15) is 0 Å². The van der Waals surface area contributed by atoms with Crippen molar-refractivity contribution in [2.24, 2.45) is 0 Å². The quantitative estimate of drug-likeness (QED) is 0.312. The van der Waals surface area contributed by atoms with E-state index in [1.807, 2.05) is 0 Å². The largest absolute Gasteiger partial charge is 0.416 e. The molecule has 0 radical (unpaired) electrons. The highest BCUT2D eigenvalue weighted by molar-refractivity contribution is 8.11. The lowest BCUT2D eigenvalue weighted by Gasteiger charge is -2.23. The van der Waals surface area contributed by atoms with Gasteiger partial charge < -0.3 is 0 Å². The number of benzene rings is 3. The van der Waals surface area contributed by atoms with E-state index in [2.05, 4.69) is 0 Å². The van der Waals surface area contributed by atoms with Crippen molar-refractivity contribution in [3.8, 4) is 0 Å². The van der Waals surface area contributed by atoms with Crippen molar-refractivity contribution in [2.75, 3.05) is 3.71 Å². The van der Waals surface area contributed by atoms with Crippen LogP contribution in [0.2, 0.25) is 0 Å². The van der Waals surface area contributed by atoms with Crippen LogP contribution in [-0.2, 0) is 26.2 Å². The molecular formula is C22H17F3N2O6S2. The summed E-state index contributed by atoms with van der Waals surface area (Å²) in [5, 5.41) is 11.8. The first-order chi connectivity index (χ1) is 16.2. The summed E-state index contributed by atoms with van der Waals surface area (Å²) in [6, 6.07) is 13.4. The molecule has 0 saturated heterocycles. The lowest BCUT2D eigenvalue weighted by molar-refractivity contribution is -0.385. The van der Waals surface area contributed by atoms with Crippen LogP contribution in [0.5, 0.6) is 0 Å². The van der Waals surface area contributed by atoms with Crippen LogP contribution >= 0.6 is 0 Å². The Morgan fingerprint density at radius 1 is 0.914 bits per heavy atom. The molecule has 13 heteroatoms. The monoisotopic (exact) mass is 526 g/mol. The van der Waals surface area contributed by atoms with E-state index in [1.165, 1.54) is 19.1 Å². The number of alkyl halides is 3. The zero-order valence-electron chi connectivity index (χ0n) is 17.9. The molecule has 0 aliphatic heterocycles. The van der Waals surface area contributed by atoms with Gasteiger partial charge in [0, 0.05) is 11.6 Å². The molecule has 0 amide bonds. The fourth-order valence-electron chi connectivity index (χ4n) is 3.04.